The molecule has 3 nitrogen and oxygen atoms in total. The molecule has 0 unspecified atom stereocenters. The molecular formula is C6H9ClO3. The van der Waals surface area contributed by atoms with Crippen molar-refractivity contribution in [1.29, 1.82) is 0 Å². The summed E-state index contributed by atoms with van der Waals surface area (Å²) in [5.74, 6) is -0.644. The van der Waals surface area contributed by atoms with E-state index in [1.54, 1.807) is 0 Å². The smallest absolute Gasteiger partial charge is 0.334 e. The van der Waals surface area contributed by atoms with Crippen molar-refractivity contribution in [2.75, 3.05) is 6.61 Å². The summed E-state index contributed by atoms with van der Waals surface area (Å²) >= 11 is 5.13. The molecule has 0 rings (SSSR count). The van der Waals surface area contributed by atoms with Crippen LogP contribution in [0.1, 0.15) is 6.92 Å². The van der Waals surface area contributed by atoms with E-state index in [9.17, 15) is 4.79 Å². The fourth-order valence-electron chi connectivity index (χ4n) is 0.287. The minimum atomic E-state index is -1.07. The molecule has 0 aliphatic heterocycles. The van der Waals surface area contributed by atoms with Crippen LogP contribution in [0, 0.1) is 0 Å². The predicted octanol–water partition coefficient (Wildman–Crippen LogP) is 0.663. The van der Waals surface area contributed by atoms with E-state index in [2.05, 4.69) is 4.74 Å². The molecule has 0 saturated heterocycles. The molecule has 1 N–H and O–H groups in total. The minimum absolute atomic E-state index is 0.104. The SMILES string of the molecule is C[C@H](O)C(=O)OC/C=C\Cl. The van der Waals surface area contributed by atoms with Crippen LogP contribution in [0.5, 0.6) is 0 Å². The summed E-state index contributed by atoms with van der Waals surface area (Å²) in [6.45, 7) is 1.44. The molecule has 0 radical (unpaired) electrons. The van der Waals surface area contributed by atoms with E-state index in [1.165, 1.54) is 18.5 Å². The second kappa shape index (κ2) is 5.26. The van der Waals surface area contributed by atoms with Gasteiger partial charge in [-0.05, 0) is 13.0 Å². The molecule has 0 aromatic carbocycles. The van der Waals surface area contributed by atoms with E-state index in [1.807, 2.05) is 0 Å². The van der Waals surface area contributed by atoms with Crippen molar-refractivity contribution >= 4 is 17.6 Å². The first-order valence-corrected chi connectivity index (χ1v) is 3.22. The van der Waals surface area contributed by atoms with Gasteiger partial charge in [-0.25, -0.2) is 4.79 Å². The average molecular weight is 165 g/mol. The number of aliphatic hydroxyl groups excluding tert-OH is 1. The molecule has 1 atom stereocenters. The van der Waals surface area contributed by atoms with Crippen molar-refractivity contribution in [2.45, 2.75) is 13.0 Å². The van der Waals surface area contributed by atoms with Gasteiger partial charge in [0.1, 0.15) is 12.7 Å². The Morgan fingerprint density at radius 1 is 1.90 bits per heavy atom. The second-order valence-corrected chi connectivity index (χ2v) is 1.92. The molecule has 0 aromatic heterocycles. The number of esters is 1. The Morgan fingerprint density at radius 2 is 2.50 bits per heavy atom. The standard InChI is InChI=1S/C6H9ClO3/c1-5(8)6(9)10-4-2-3-7/h2-3,5,8H,4H2,1H3/b3-2-/t5-/m0/s1. The fourth-order valence-corrected chi connectivity index (χ4v) is 0.360. The van der Waals surface area contributed by atoms with Crippen molar-refractivity contribution < 1.29 is 14.6 Å². The highest BCUT2D eigenvalue weighted by atomic mass is 35.5. The number of hydrogen-bond donors (Lipinski definition) is 1. The summed E-state index contributed by atoms with van der Waals surface area (Å²) in [6.07, 6.45) is 0.394. The van der Waals surface area contributed by atoms with Crippen LogP contribution < -0.4 is 0 Å². The van der Waals surface area contributed by atoms with Crippen LogP contribution in [0.4, 0.5) is 0 Å². The topological polar surface area (TPSA) is 46.5 Å². The van der Waals surface area contributed by atoms with Gasteiger partial charge in [0.2, 0.25) is 0 Å². The van der Waals surface area contributed by atoms with Gasteiger partial charge in [-0.1, -0.05) is 11.6 Å². The Balaban J connectivity index is 3.40. The van der Waals surface area contributed by atoms with E-state index in [0.717, 1.165) is 0 Å². The highest BCUT2D eigenvalue weighted by Crippen LogP contribution is 1.87. The van der Waals surface area contributed by atoms with E-state index >= 15 is 0 Å². The summed E-state index contributed by atoms with van der Waals surface area (Å²) in [7, 11) is 0. The summed E-state index contributed by atoms with van der Waals surface area (Å²) in [6, 6.07) is 0. The molecule has 0 bridgehead atoms. The van der Waals surface area contributed by atoms with E-state index in [4.69, 9.17) is 16.7 Å². The van der Waals surface area contributed by atoms with Gasteiger partial charge in [0.05, 0.1) is 0 Å². The molecule has 58 valence electrons. The number of halogens is 1. The number of carbonyl (C=O) groups is 1. The molecule has 0 spiro atoms. The molecule has 4 heteroatoms. The molecule has 0 heterocycles. The van der Waals surface area contributed by atoms with E-state index in [-0.39, 0.29) is 6.61 Å². The van der Waals surface area contributed by atoms with Gasteiger partial charge in [-0.15, -0.1) is 0 Å². The Bertz CT molecular complexity index is 131. The summed E-state index contributed by atoms with van der Waals surface area (Å²) < 4.78 is 4.48. The second-order valence-electron chi connectivity index (χ2n) is 1.67. The van der Waals surface area contributed by atoms with Crippen LogP contribution in [0.3, 0.4) is 0 Å². The average Bonchev–Trinajstić information content (AvgIpc) is 1.88. The number of carbonyl (C=O) groups excluding carboxylic acids is 1. The molecular weight excluding hydrogens is 156 g/mol. The Labute approximate surface area is 64.2 Å². The van der Waals surface area contributed by atoms with Gasteiger partial charge in [-0.3, -0.25) is 0 Å². The van der Waals surface area contributed by atoms with Crippen molar-refractivity contribution in [3.05, 3.63) is 11.6 Å². The maximum absolute atomic E-state index is 10.5. The zero-order chi connectivity index (χ0) is 7.98. The van der Waals surface area contributed by atoms with Crippen molar-refractivity contribution in [3.63, 3.8) is 0 Å². The third-order valence-electron chi connectivity index (χ3n) is 0.752. The predicted molar refractivity (Wildman–Crippen MR) is 37.6 cm³/mol. The lowest BCUT2D eigenvalue weighted by Crippen LogP contribution is -2.19. The van der Waals surface area contributed by atoms with Crippen LogP contribution in [-0.2, 0) is 9.53 Å². The van der Waals surface area contributed by atoms with Gasteiger partial charge in [0, 0.05) is 5.54 Å². The molecule has 10 heavy (non-hydrogen) atoms. The minimum Gasteiger partial charge on any atom is -0.460 e. The first-order chi connectivity index (χ1) is 4.68. The zero-order valence-electron chi connectivity index (χ0n) is 5.58. The number of hydrogen-bond acceptors (Lipinski definition) is 3. The lowest BCUT2D eigenvalue weighted by molar-refractivity contribution is -0.151. The first kappa shape index (κ1) is 9.46. The van der Waals surface area contributed by atoms with Crippen LogP contribution in [0.25, 0.3) is 0 Å². The molecule has 0 fully saturated rings. The van der Waals surface area contributed by atoms with E-state index in [0.29, 0.717) is 0 Å². The number of rotatable bonds is 3. The monoisotopic (exact) mass is 164 g/mol. The summed E-state index contributed by atoms with van der Waals surface area (Å²) in [4.78, 5) is 10.5. The molecule has 0 aliphatic rings. The third kappa shape index (κ3) is 4.35. The molecule has 0 aromatic rings. The highest BCUT2D eigenvalue weighted by molar-refractivity contribution is 6.25. The normalized spacial score (nSPS) is 13.5. The first-order valence-electron chi connectivity index (χ1n) is 2.78. The molecule has 0 aliphatic carbocycles. The van der Waals surface area contributed by atoms with Gasteiger partial charge in [-0.2, -0.15) is 0 Å². The summed E-state index contributed by atoms with van der Waals surface area (Å²) in [5.41, 5.74) is 1.25. The molecule has 0 saturated carbocycles. The van der Waals surface area contributed by atoms with Crippen LogP contribution in [0.15, 0.2) is 11.6 Å². The van der Waals surface area contributed by atoms with Crippen LogP contribution >= 0.6 is 11.6 Å². The lowest BCUT2D eigenvalue weighted by Gasteiger charge is -2.01. The number of aliphatic hydroxyl groups is 1. The van der Waals surface area contributed by atoms with E-state index < -0.39 is 12.1 Å². The van der Waals surface area contributed by atoms with Crippen LogP contribution in [0.2, 0.25) is 0 Å². The van der Waals surface area contributed by atoms with Crippen LogP contribution in [-0.4, -0.2) is 23.8 Å². The van der Waals surface area contributed by atoms with Gasteiger partial charge in [0.25, 0.3) is 0 Å². The maximum atomic E-state index is 10.5. The molecule has 0 amide bonds. The van der Waals surface area contributed by atoms with Crippen molar-refractivity contribution in [3.8, 4) is 0 Å². The zero-order valence-corrected chi connectivity index (χ0v) is 6.34. The fraction of sp³-hybridized carbons (Fsp3) is 0.500. The number of ether oxygens (including phenoxy) is 1. The Hall–Kier alpha value is -0.540. The lowest BCUT2D eigenvalue weighted by atomic mass is 10.4. The Kier molecular flexibility index (Phi) is 4.98. The third-order valence-corrected chi connectivity index (χ3v) is 0.930. The largest absolute Gasteiger partial charge is 0.460 e. The van der Waals surface area contributed by atoms with Crippen molar-refractivity contribution in [2.24, 2.45) is 0 Å². The van der Waals surface area contributed by atoms with Gasteiger partial charge in [0.15, 0.2) is 0 Å². The Morgan fingerprint density at radius 3 is 2.90 bits per heavy atom. The van der Waals surface area contributed by atoms with Gasteiger partial charge < -0.3 is 9.84 Å². The summed E-state index contributed by atoms with van der Waals surface area (Å²) in [5, 5.41) is 8.59. The highest BCUT2D eigenvalue weighted by Gasteiger charge is 2.07. The van der Waals surface area contributed by atoms with Crippen molar-refractivity contribution in [1.82, 2.24) is 0 Å². The quantitative estimate of drug-likeness (QED) is 0.624. The maximum Gasteiger partial charge on any atom is 0.334 e. The van der Waals surface area contributed by atoms with Gasteiger partial charge >= 0.3 is 5.97 Å².